The quantitative estimate of drug-likeness (QED) is 0.467. The van der Waals surface area contributed by atoms with Gasteiger partial charge >= 0.3 is 115 Å². The van der Waals surface area contributed by atoms with E-state index >= 15 is 0 Å². The van der Waals surface area contributed by atoms with Crippen molar-refractivity contribution in [3.63, 3.8) is 0 Å². The summed E-state index contributed by atoms with van der Waals surface area (Å²) >= 11 is 0.762. The molecule has 1 amide bonds. The molecule has 0 atom stereocenters. The van der Waals surface area contributed by atoms with Gasteiger partial charge in [-0.05, 0) is 0 Å². The van der Waals surface area contributed by atoms with Crippen molar-refractivity contribution in [3.05, 3.63) is 0 Å². The summed E-state index contributed by atoms with van der Waals surface area (Å²) in [4.78, 5) is 25.0. The molecule has 17 heavy (non-hydrogen) atoms. The van der Waals surface area contributed by atoms with Crippen molar-refractivity contribution < 1.29 is 24.2 Å². The van der Waals surface area contributed by atoms with E-state index in [1.54, 1.807) is 0 Å². The Morgan fingerprint density at radius 1 is 1.47 bits per heavy atom. The molecule has 1 aliphatic carbocycles. The molecule has 2 heterocycles. The van der Waals surface area contributed by atoms with Crippen molar-refractivity contribution in [2.24, 2.45) is 5.41 Å². The summed E-state index contributed by atoms with van der Waals surface area (Å²) in [5.41, 5.74) is -1.23. The van der Waals surface area contributed by atoms with Crippen molar-refractivity contribution in [3.8, 4) is 0 Å². The zero-order valence-electron chi connectivity index (χ0n) is 9.56. The Labute approximate surface area is 115 Å². The summed E-state index contributed by atoms with van der Waals surface area (Å²) in [6, 6.07) is 0. The second-order valence-corrected chi connectivity index (χ2v) is 5.80. The van der Waals surface area contributed by atoms with Gasteiger partial charge in [0.2, 0.25) is 0 Å². The number of ether oxygens (including phenoxy) is 2. The van der Waals surface area contributed by atoms with Crippen LogP contribution in [0, 0.1) is 5.41 Å². The minimum absolute atomic E-state index is 0.0175. The predicted octanol–water partition coefficient (Wildman–Crippen LogP) is -0.751. The van der Waals surface area contributed by atoms with Crippen LogP contribution in [0.1, 0.15) is 12.8 Å². The Morgan fingerprint density at radius 2 is 2.12 bits per heavy atom. The van der Waals surface area contributed by atoms with Gasteiger partial charge in [0, 0.05) is 0 Å². The fourth-order valence-corrected chi connectivity index (χ4v) is 3.44. The SMILES string of the molecule is COC(=O)C12CC(CO)(CN1C(=O)O[CH2][Pb])C2. The average molecular weight is 435 g/mol. The summed E-state index contributed by atoms with van der Waals surface area (Å²) < 4.78 is 10.2. The first kappa shape index (κ1) is 13.1. The third-order valence-corrected chi connectivity index (χ3v) is 4.22. The van der Waals surface area contributed by atoms with E-state index in [4.69, 9.17) is 9.47 Å². The van der Waals surface area contributed by atoms with Gasteiger partial charge in [-0.2, -0.15) is 0 Å². The van der Waals surface area contributed by atoms with Crippen LogP contribution < -0.4 is 0 Å². The molecule has 0 spiro atoms. The van der Waals surface area contributed by atoms with E-state index in [1.807, 2.05) is 0 Å². The standard InChI is InChI=1S/C10H14NO5.Pb/c1-15-7(13)10-3-9(4-10,6-12)5-11(10)8(14)16-2;/h12H,2-6H2,1H3;. The Hall–Kier alpha value is -0.378. The van der Waals surface area contributed by atoms with Crippen molar-refractivity contribution >= 4 is 37.8 Å². The van der Waals surface area contributed by atoms with Crippen LogP contribution in [0.3, 0.4) is 0 Å². The van der Waals surface area contributed by atoms with Gasteiger partial charge < -0.3 is 0 Å². The third kappa shape index (κ3) is 1.76. The number of hydrogen-bond acceptors (Lipinski definition) is 5. The maximum atomic E-state index is 11.8. The molecule has 6 nitrogen and oxygen atoms in total. The first-order valence-corrected chi connectivity index (χ1v) is 8.07. The second kappa shape index (κ2) is 4.38. The zero-order chi connectivity index (χ0) is 12.7. The van der Waals surface area contributed by atoms with Gasteiger partial charge in [-0.3, -0.25) is 0 Å². The first-order valence-electron chi connectivity index (χ1n) is 5.32. The van der Waals surface area contributed by atoms with E-state index in [9.17, 15) is 14.7 Å². The van der Waals surface area contributed by atoms with Crippen molar-refractivity contribution in [2.75, 3.05) is 24.4 Å². The Balaban J connectivity index is 2.21. The molecule has 3 rings (SSSR count). The summed E-state index contributed by atoms with van der Waals surface area (Å²) in [6.45, 7) is 0.357. The topological polar surface area (TPSA) is 76.1 Å². The van der Waals surface area contributed by atoms with Crippen LogP contribution in [0.4, 0.5) is 4.79 Å². The summed E-state index contributed by atoms with van der Waals surface area (Å²) in [5.74, 6) is -0.413. The van der Waals surface area contributed by atoms with Gasteiger partial charge in [0.1, 0.15) is 0 Å². The van der Waals surface area contributed by atoms with Crippen LogP contribution in [-0.4, -0.2) is 77.8 Å². The number of carbonyl (C=O) groups is 2. The molecule has 1 N–H and O–H groups in total. The summed E-state index contributed by atoms with van der Waals surface area (Å²) in [7, 11) is 1.31. The van der Waals surface area contributed by atoms with Crippen LogP contribution in [0.5, 0.6) is 0 Å². The van der Waals surface area contributed by atoms with Gasteiger partial charge in [0.05, 0.1) is 0 Å². The van der Waals surface area contributed by atoms with E-state index < -0.39 is 17.6 Å². The van der Waals surface area contributed by atoms with Crippen LogP contribution in [0.15, 0.2) is 0 Å². The molecule has 2 saturated heterocycles. The van der Waals surface area contributed by atoms with Gasteiger partial charge in [-0.1, -0.05) is 0 Å². The zero-order valence-corrected chi connectivity index (χ0v) is 13.5. The molecule has 0 aromatic carbocycles. The van der Waals surface area contributed by atoms with Crippen LogP contribution >= 0.6 is 0 Å². The monoisotopic (exact) mass is 436 g/mol. The van der Waals surface area contributed by atoms with E-state index in [1.165, 1.54) is 12.0 Å². The normalized spacial score (nSPS) is 34.2. The first-order chi connectivity index (χ1) is 8.03. The van der Waals surface area contributed by atoms with E-state index in [2.05, 4.69) is 0 Å². The second-order valence-electron chi connectivity index (χ2n) is 4.68. The van der Waals surface area contributed by atoms with Gasteiger partial charge in [-0.25, -0.2) is 0 Å². The Bertz CT molecular complexity index is 353. The summed E-state index contributed by atoms with van der Waals surface area (Å²) in [5, 5.41) is 9.34. The number of aliphatic hydroxyl groups excluding tert-OH is 1. The molecule has 2 aliphatic heterocycles. The molecule has 3 aliphatic rings. The molecule has 7 heteroatoms. The van der Waals surface area contributed by atoms with Crippen LogP contribution in [0.25, 0.3) is 0 Å². The predicted molar refractivity (Wildman–Crippen MR) is 57.3 cm³/mol. The molecule has 0 aromatic rings. The number of rotatable bonds is 3. The van der Waals surface area contributed by atoms with E-state index in [-0.39, 0.29) is 12.0 Å². The molecule has 3 fully saturated rings. The Morgan fingerprint density at radius 3 is 2.59 bits per heavy atom. The molecule has 3 radical (unpaired) electrons. The average Bonchev–Trinajstić information content (AvgIpc) is 2.79. The number of carbonyl (C=O) groups excluding carboxylic acids is 2. The third-order valence-electron chi connectivity index (χ3n) is 3.66. The van der Waals surface area contributed by atoms with Crippen LogP contribution in [0.2, 0.25) is 0 Å². The fraction of sp³-hybridized carbons (Fsp3) is 0.800. The number of fused-ring (bicyclic) bond motifs is 1. The number of methoxy groups -OCH3 is 1. The number of hydrogen-bond donors (Lipinski definition) is 1. The number of amides is 1. The van der Waals surface area contributed by atoms with Gasteiger partial charge in [-0.15, -0.1) is 0 Å². The molecular weight excluding hydrogens is 421 g/mol. The fourth-order valence-electron chi connectivity index (χ4n) is 2.96. The summed E-state index contributed by atoms with van der Waals surface area (Å²) in [6.07, 6.45) is 0.469. The van der Waals surface area contributed by atoms with Crippen molar-refractivity contribution in [1.82, 2.24) is 4.90 Å². The molecule has 93 valence electrons. The van der Waals surface area contributed by atoms with Crippen molar-refractivity contribution in [1.29, 1.82) is 0 Å². The number of nitrogens with zero attached hydrogens (tertiary/aromatic N) is 1. The van der Waals surface area contributed by atoms with E-state index in [0.717, 1.165) is 25.8 Å². The number of esters is 1. The number of aliphatic hydroxyl groups is 1. The molecular formula is C10H14NO5Pb. The molecule has 1 saturated carbocycles. The van der Waals surface area contributed by atoms with Gasteiger partial charge in [0.25, 0.3) is 0 Å². The van der Waals surface area contributed by atoms with Crippen molar-refractivity contribution in [2.45, 2.75) is 18.4 Å². The maximum absolute atomic E-state index is 11.8. The molecule has 2 bridgehead atoms. The van der Waals surface area contributed by atoms with Gasteiger partial charge in [0.15, 0.2) is 0 Å². The van der Waals surface area contributed by atoms with E-state index in [0.29, 0.717) is 23.6 Å². The minimum atomic E-state index is -0.898. The Kier molecular flexibility index (Phi) is 3.36. The van der Waals surface area contributed by atoms with Crippen LogP contribution in [-0.2, 0) is 14.3 Å². The molecule has 0 aromatic heterocycles. The molecule has 0 unspecified atom stereocenters.